The highest BCUT2D eigenvalue weighted by Gasteiger charge is 2.10. The number of methoxy groups -OCH3 is 1. The maximum atomic E-state index is 12.4. The molecule has 2 nitrogen and oxygen atoms in total. The normalized spacial score (nSPS) is 10.0. The lowest BCUT2D eigenvalue weighted by Gasteiger charge is -2.04. The van der Waals surface area contributed by atoms with E-state index in [0.717, 1.165) is 16.3 Å². The molecular weight excluding hydrogens is 308 g/mol. The van der Waals surface area contributed by atoms with Crippen LogP contribution in [0.5, 0.6) is 5.75 Å². The van der Waals surface area contributed by atoms with Crippen molar-refractivity contribution in [2.24, 2.45) is 0 Å². The van der Waals surface area contributed by atoms with Crippen LogP contribution in [0, 0.1) is 11.8 Å². The lowest BCUT2D eigenvalue weighted by atomic mass is 10.0. The second kappa shape index (κ2) is 6.56. The largest absolute Gasteiger partial charge is 0.496 e. The molecule has 0 heterocycles. The number of carbonyl (C=O) groups excluding carboxylic acids is 1. The SMILES string of the molecule is COc1ccc(Cl)cc1C(=O)C#Cc1cccc2ccccc12. The maximum Gasteiger partial charge on any atom is 0.240 e. The van der Waals surface area contributed by atoms with Gasteiger partial charge < -0.3 is 4.74 Å². The molecular formula is C20H13ClO2. The van der Waals surface area contributed by atoms with Crippen molar-refractivity contribution in [1.82, 2.24) is 0 Å². The van der Waals surface area contributed by atoms with Crippen molar-refractivity contribution in [2.75, 3.05) is 7.11 Å². The van der Waals surface area contributed by atoms with Crippen LogP contribution in [0.2, 0.25) is 5.02 Å². The molecule has 0 fully saturated rings. The number of ketones is 1. The molecule has 0 spiro atoms. The second-order valence-corrected chi connectivity index (χ2v) is 5.39. The van der Waals surface area contributed by atoms with Crippen molar-refractivity contribution in [3.63, 3.8) is 0 Å². The minimum Gasteiger partial charge on any atom is -0.496 e. The number of hydrogen-bond acceptors (Lipinski definition) is 2. The van der Waals surface area contributed by atoms with Gasteiger partial charge in [-0.1, -0.05) is 53.9 Å². The molecule has 0 bridgehead atoms. The Labute approximate surface area is 139 Å². The van der Waals surface area contributed by atoms with Crippen LogP contribution in [0.3, 0.4) is 0 Å². The molecule has 0 saturated heterocycles. The summed E-state index contributed by atoms with van der Waals surface area (Å²) in [6.07, 6.45) is 0. The van der Waals surface area contributed by atoms with E-state index in [9.17, 15) is 4.79 Å². The number of fused-ring (bicyclic) bond motifs is 1. The first-order valence-electron chi connectivity index (χ1n) is 7.06. The lowest BCUT2D eigenvalue weighted by Crippen LogP contribution is -1.99. The van der Waals surface area contributed by atoms with Gasteiger partial charge in [0.25, 0.3) is 0 Å². The molecule has 3 aromatic rings. The summed E-state index contributed by atoms with van der Waals surface area (Å²) in [5.41, 5.74) is 1.19. The van der Waals surface area contributed by atoms with E-state index >= 15 is 0 Å². The highest BCUT2D eigenvalue weighted by Crippen LogP contribution is 2.23. The molecule has 3 heteroatoms. The monoisotopic (exact) mass is 320 g/mol. The van der Waals surface area contributed by atoms with Crippen LogP contribution in [0.25, 0.3) is 10.8 Å². The van der Waals surface area contributed by atoms with Crippen molar-refractivity contribution in [2.45, 2.75) is 0 Å². The van der Waals surface area contributed by atoms with Crippen molar-refractivity contribution in [1.29, 1.82) is 0 Å². The molecule has 0 atom stereocenters. The first kappa shape index (κ1) is 15.1. The van der Waals surface area contributed by atoms with Crippen molar-refractivity contribution in [3.05, 3.63) is 76.8 Å². The number of benzene rings is 3. The Kier molecular flexibility index (Phi) is 4.32. The van der Waals surface area contributed by atoms with E-state index in [1.165, 1.54) is 7.11 Å². The van der Waals surface area contributed by atoms with Crippen LogP contribution in [0.1, 0.15) is 15.9 Å². The fourth-order valence-electron chi connectivity index (χ4n) is 2.38. The summed E-state index contributed by atoms with van der Waals surface area (Å²) < 4.78 is 5.20. The molecule has 0 N–H and O–H groups in total. The van der Waals surface area contributed by atoms with Gasteiger partial charge in [0.1, 0.15) is 5.75 Å². The number of Topliss-reactive ketones (excluding diaryl/α,β-unsaturated/α-hetero) is 1. The van der Waals surface area contributed by atoms with E-state index in [2.05, 4.69) is 11.8 Å². The molecule has 112 valence electrons. The fourth-order valence-corrected chi connectivity index (χ4v) is 2.56. The number of hydrogen-bond donors (Lipinski definition) is 0. The number of halogens is 1. The van der Waals surface area contributed by atoms with Crippen LogP contribution in [-0.4, -0.2) is 12.9 Å². The van der Waals surface area contributed by atoms with Crippen LogP contribution < -0.4 is 4.74 Å². The Bertz CT molecular complexity index is 943. The molecule has 3 aromatic carbocycles. The van der Waals surface area contributed by atoms with Gasteiger partial charge in [0, 0.05) is 10.6 Å². The fraction of sp³-hybridized carbons (Fsp3) is 0.0500. The van der Waals surface area contributed by atoms with Crippen LogP contribution >= 0.6 is 11.6 Å². The molecule has 0 radical (unpaired) electrons. The lowest BCUT2D eigenvalue weighted by molar-refractivity contribution is 0.105. The van der Waals surface area contributed by atoms with Crippen LogP contribution in [0.15, 0.2) is 60.7 Å². The van der Waals surface area contributed by atoms with E-state index in [-0.39, 0.29) is 5.78 Å². The highest BCUT2D eigenvalue weighted by molar-refractivity contribution is 6.31. The summed E-state index contributed by atoms with van der Waals surface area (Å²) in [6, 6.07) is 18.7. The van der Waals surface area contributed by atoms with Gasteiger partial charge in [-0.25, -0.2) is 0 Å². The molecule has 0 unspecified atom stereocenters. The summed E-state index contributed by atoms with van der Waals surface area (Å²) in [4.78, 5) is 12.4. The van der Waals surface area contributed by atoms with Crippen LogP contribution in [-0.2, 0) is 0 Å². The summed E-state index contributed by atoms with van der Waals surface area (Å²) >= 11 is 5.96. The number of carbonyl (C=O) groups is 1. The van der Waals surface area contributed by atoms with E-state index in [1.807, 2.05) is 42.5 Å². The second-order valence-electron chi connectivity index (χ2n) is 4.95. The van der Waals surface area contributed by atoms with Gasteiger partial charge in [0.05, 0.1) is 12.7 Å². The standard InChI is InChI=1S/C20H13ClO2/c1-23-20-12-10-16(21)13-18(20)19(22)11-9-15-7-4-6-14-5-2-3-8-17(14)15/h2-8,10,12-13H,1H3. The predicted octanol–water partition coefficient (Wildman–Crippen LogP) is 4.74. The first-order chi connectivity index (χ1) is 11.2. The van der Waals surface area contributed by atoms with Crippen molar-refractivity contribution < 1.29 is 9.53 Å². The third-order valence-electron chi connectivity index (χ3n) is 3.51. The molecule has 0 aliphatic rings. The Morgan fingerprint density at radius 2 is 1.83 bits per heavy atom. The minimum absolute atomic E-state index is 0.322. The van der Waals surface area contributed by atoms with E-state index in [4.69, 9.17) is 16.3 Å². The molecule has 23 heavy (non-hydrogen) atoms. The third-order valence-corrected chi connectivity index (χ3v) is 3.74. The Hall–Kier alpha value is -2.76. The number of ether oxygens (including phenoxy) is 1. The summed E-state index contributed by atoms with van der Waals surface area (Å²) in [5, 5.41) is 2.58. The van der Waals surface area contributed by atoms with Crippen molar-refractivity contribution >= 4 is 28.2 Å². The molecule has 0 aliphatic carbocycles. The van der Waals surface area contributed by atoms with Gasteiger partial charge in [-0.3, -0.25) is 4.79 Å². The minimum atomic E-state index is -0.322. The van der Waals surface area contributed by atoms with Gasteiger partial charge in [-0.05, 0) is 41.0 Å². The summed E-state index contributed by atoms with van der Waals surface area (Å²) in [6.45, 7) is 0. The topological polar surface area (TPSA) is 26.3 Å². The zero-order valence-electron chi connectivity index (χ0n) is 12.5. The molecule has 0 amide bonds. The van der Waals surface area contributed by atoms with Gasteiger partial charge in [-0.2, -0.15) is 0 Å². The molecule has 0 aliphatic heterocycles. The van der Waals surface area contributed by atoms with Gasteiger partial charge >= 0.3 is 0 Å². The van der Waals surface area contributed by atoms with Gasteiger partial charge in [0.15, 0.2) is 0 Å². The van der Waals surface area contributed by atoms with Crippen molar-refractivity contribution in [3.8, 4) is 17.6 Å². The summed E-state index contributed by atoms with van der Waals surface area (Å²) in [7, 11) is 1.51. The van der Waals surface area contributed by atoms with E-state index in [1.54, 1.807) is 18.2 Å². The summed E-state index contributed by atoms with van der Waals surface area (Å²) in [5.74, 6) is 5.78. The van der Waals surface area contributed by atoms with Crippen LogP contribution in [0.4, 0.5) is 0 Å². The van der Waals surface area contributed by atoms with E-state index in [0.29, 0.717) is 16.3 Å². The highest BCUT2D eigenvalue weighted by atomic mass is 35.5. The van der Waals surface area contributed by atoms with Gasteiger partial charge in [-0.15, -0.1) is 0 Å². The van der Waals surface area contributed by atoms with E-state index < -0.39 is 0 Å². The molecule has 3 rings (SSSR count). The Morgan fingerprint density at radius 3 is 2.65 bits per heavy atom. The third kappa shape index (κ3) is 3.21. The zero-order chi connectivity index (χ0) is 16.2. The maximum absolute atomic E-state index is 12.4. The smallest absolute Gasteiger partial charge is 0.240 e. The van der Waals surface area contributed by atoms with Gasteiger partial charge in [0.2, 0.25) is 5.78 Å². The molecule has 0 aromatic heterocycles. The predicted molar refractivity (Wildman–Crippen MR) is 93.2 cm³/mol. The first-order valence-corrected chi connectivity index (χ1v) is 7.44. The molecule has 0 saturated carbocycles. The average molecular weight is 321 g/mol. The average Bonchev–Trinajstić information content (AvgIpc) is 2.59. The number of rotatable bonds is 2. The zero-order valence-corrected chi connectivity index (χ0v) is 13.2. The Morgan fingerprint density at radius 1 is 1.04 bits per heavy atom. The quantitative estimate of drug-likeness (QED) is 0.504. The Balaban J connectivity index is 2.01.